The Morgan fingerprint density at radius 2 is 1.81 bits per heavy atom. The van der Waals surface area contributed by atoms with Gasteiger partial charge in [0.25, 0.3) is 0 Å². The summed E-state index contributed by atoms with van der Waals surface area (Å²) in [5.74, 6) is 0.0196. The van der Waals surface area contributed by atoms with Crippen LogP contribution in [0.15, 0.2) is 72.9 Å². The topological polar surface area (TPSA) is 44.1 Å². The van der Waals surface area contributed by atoms with Gasteiger partial charge in [-0.25, -0.2) is 0 Å². The Morgan fingerprint density at radius 3 is 2.46 bits per heavy atom. The summed E-state index contributed by atoms with van der Waals surface area (Å²) in [5.41, 5.74) is 4.70. The van der Waals surface area contributed by atoms with Crippen molar-refractivity contribution >= 4 is 16.7 Å². The predicted octanol–water partition coefficient (Wildman–Crippen LogP) is 4.85. The number of Topliss-reactive ketones (excluding diaryl/α,β-unsaturated/α-hetero) is 1. The number of nitrogens with zero attached hydrogens (tertiary/aromatic N) is 2. The van der Waals surface area contributed by atoms with E-state index >= 15 is 0 Å². The fourth-order valence-electron chi connectivity index (χ4n) is 2.44. The van der Waals surface area contributed by atoms with Crippen LogP contribution in [0.3, 0.4) is 0 Å². The maximum Gasteiger partial charge on any atom is 0.138 e. The fourth-order valence-corrected chi connectivity index (χ4v) is 2.44. The van der Waals surface area contributed by atoms with Crippen molar-refractivity contribution in [1.29, 1.82) is 0 Å². The van der Waals surface area contributed by atoms with E-state index in [4.69, 9.17) is 0 Å². The second-order valence-corrected chi connectivity index (χ2v) is 5.75. The summed E-state index contributed by atoms with van der Waals surface area (Å²) in [6.07, 6.45) is 1.82. The Kier molecular flexibility index (Phi) is 7.02. The number of rotatable bonds is 2. The van der Waals surface area contributed by atoms with Gasteiger partial charge in [0.1, 0.15) is 5.78 Å². The maximum atomic E-state index is 11.0. The summed E-state index contributed by atoms with van der Waals surface area (Å²) in [6.45, 7) is 3.59. The van der Waals surface area contributed by atoms with E-state index in [9.17, 15) is 4.79 Å². The molecule has 0 spiro atoms. The Bertz CT molecular complexity index is 960. The van der Waals surface area contributed by atoms with Gasteiger partial charge in [0.05, 0.1) is 0 Å². The number of aryl methyl sites for hydroxylation is 1. The third kappa shape index (κ3) is 4.98. The van der Waals surface area contributed by atoms with E-state index in [0.29, 0.717) is 5.69 Å². The average molecular weight is 519 g/mol. The van der Waals surface area contributed by atoms with Gasteiger partial charge in [0.15, 0.2) is 0 Å². The van der Waals surface area contributed by atoms with E-state index in [1.165, 1.54) is 12.5 Å². The normalized spacial score (nSPS) is 9.77. The fraction of sp³-hybridized carbons (Fsp3) is 0.0909. The molecule has 4 heteroatoms. The minimum atomic E-state index is 0. The van der Waals surface area contributed by atoms with Crippen LogP contribution in [0.2, 0.25) is 0 Å². The van der Waals surface area contributed by atoms with Gasteiger partial charge < -0.3 is 9.97 Å². The van der Waals surface area contributed by atoms with E-state index in [1.54, 1.807) is 0 Å². The van der Waals surface area contributed by atoms with Crippen molar-refractivity contribution in [1.82, 2.24) is 9.97 Å². The quantitative estimate of drug-likeness (QED) is 0.281. The molecule has 0 amide bonds. The minimum Gasteiger partial charge on any atom is -0.654 e. The first-order chi connectivity index (χ1) is 12.1. The number of hydrogen-bond acceptors (Lipinski definition) is 2. The summed E-state index contributed by atoms with van der Waals surface area (Å²) < 4.78 is 0. The number of carbonyl (C=O) groups excluding carboxylic acids is 1. The second kappa shape index (κ2) is 9.23. The van der Waals surface area contributed by atoms with Crippen molar-refractivity contribution in [3.05, 3.63) is 90.3 Å². The van der Waals surface area contributed by atoms with E-state index in [2.05, 4.69) is 29.0 Å². The van der Waals surface area contributed by atoms with Gasteiger partial charge in [-0.15, -0.1) is 41.4 Å². The van der Waals surface area contributed by atoms with Crippen LogP contribution in [-0.4, -0.2) is 10.8 Å². The van der Waals surface area contributed by atoms with E-state index in [0.717, 1.165) is 22.2 Å². The molecule has 0 saturated heterocycles. The molecule has 0 aliphatic rings. The van der Waals surface area contributed by atoms with Gasteiger partial charge in [-0.1, -0.05) is 47.7 Å². The molecule has 4 rings (SSSR count). The molecule has 0 bridgehead atoms. The SMILES string of the molecule is CC(=O)c1cc2ccccc2[n-]1.Cc1ccnc(-c2[c-]cccc2)c1.[Ir]. The average Bonchev–Trinajstić information content (AvgIpc) is 3.08. The van der Waals surface area contributed by atoms with Crippen LogP contribution in [0.1, 0.15) is 23.0 Å². The van der Waals surface area contributed by atoms with Crippen molar-refractivity contribution < 1.29 is 24.9 Å². The summed E-state index contributed by atoms with van der Waals surface area (Å²) in [5, 5.41) is 1.03. The summed E-state index contributed by atoms with van der Waals surface area (Å²) >= 11 is 0. The summed E-state index contributed by atoms with van der Waals surface area (Å²) in [7, 11) is 0. The van der Waals surface area contributed by atoms with E-state index in [1.807, 2.05) is 66.9 Å². The number of pyridine rings is 1. The molecule has 26 heavy (non-hydrogen) atoms. The molecule has 2 aromatic carbocycles. The zero-order valence-electron chi connectivity index (χ0n) is 14.6. The number of para-hydroxylation sites is 1. The van der Waals surface area contributed by atoms with E-state index in [-0.39, 0.29) is 25.9 Å². The number of aromatic nitrogens is 2. The van der Waals surface area contributed by atoms with Crippen molar-refractivity contribution in [2.75, 3.05) is 0 Å². The zero-order valence-corrected chi connectivity index (χ0v) is 17.0. The molecule has 0 aliphatic carbocycles. The standard InChI is InChI=1S/C12H10N.C10H9NO.Ir/c1-10-7-8-13-12(9-10)11-5-3-2-4-6-11;1-7(12)10-6-8-4-2-3-5-9(8)11-10;/h2-5,7-9H,1H3;2-6H,1H3,(H,11,12);/q-1;;/p-1. The molecule has 2 aromatic heterocycles. The molecule has 0 fully saturated rings. The van der Waals surface area contributed by atoms with Crippen LogP contribution < -0.4 is 4.98 Å². The number of benzene rings is 2. The Morgan fingerprint density at radius 1 is 1.04 bits per heavy atom. The summed E-state index contributed by atoms with van der Waals surface area (Å²) in [6, 6.07) is 24.6. The first kappa shape index (κ1) is 19.8. The molecule has 2 heterocycles. The maximum absolute atomic E-state index is 11.0. The number of ketones is 1. The molecule has 0 aliphatic heterocycles. The van der Waals surface area contributed by atoms with Crippen LogP contribution in [0.5, 0.6) is 0 Å². The monoisotopic (exact) mass is 519 g/mol. The van der Waals surface area contributed by atoms with Crippen LogP contribution in [0.25, 0.3) is 22.2 Å². The molecular weight excluding hydrogens is 500 g/mol. The largest absolute Gasteiger partial charge is 0.654 e. The number of carbonyl (C=O) groups is 1. The van der Waals surface area contributed by atoms with Crippen LogP contribution in [-0.2, 0) is 20.1 Å². The Hall–Kier alpha value is -2.55. The molecule has 0 N–H and O–H groups in total. The second-order valence-electron chi connectivity index (χ2n) is 5.75. The van der Waals surface area contributed by atoms with Crippen LogP contribution >= 0.6 is 0 Å². The van der Waals surface area contributed by atoms with Crippen molar-refractivity contribution in [2.24, 2.45) is 0 Å². The van der Waals surface area contributed by atoms with Gasteiger partial charge in [-0.05, 0) is 31.0 Å². The van der Waals surface area contributed by atoms with E-state index < -0.39 is 0 Å². The predicted molar refractivity (Wildman–Crippen MR) is 101 cm³/mol. The van der Waals surface area contributed by atoms with Crippen molar-refractivity contribution in [3.8, 4) is 11.3 Å². The van der Waals surface area contributed by atoms with Gasteiger partial charge in [0.2, 0.25) is 0 Å². The molecule has 3 nitrogen and oxygen atoms in total. The third-order valence-electron chi connectivity index (χ3n) is 3.73. The van der Waals surface area contributed by atoms with Crippen molar-refractivity contribution in [3.63, 3.8) is 0 Å². The molecule has 133 valence electrons. The van der Waals surface area contributed by atoms with Crippen LogP contribution in [0, 0.1) is 13.0 Å². The van der Waals surface area contributed by atoms with Crippen molar-refractivity contribution in [2.45, 2.75) is 13.8 Å². The minimum absolute atomic E-state index is 0. The Labute approximate surface area is 166 Å². The smallest absolute Gasteiger partial charge is 0.138 e. The first-order valence-corrected chi connectivity index (χ1v) is 8.06. The molecule has 0 unspecified atom stereocenters. The van der Waals surface area contributed by atoms with Gasteiger partial charge in [0, 0.05) is 26.3 Å². The van der Waals surface area contributed by atoms with Gasteiger partial charge >= 0.3 is 0 Å². The van der Waals surface area contributed by atoms with Gasteiger partial charge in [-0.2, -0.15) is 0 Å². The molecule has 0 saturated carbocycles. The van der Waals surface area contributed by atoms with Gasteiger partial charge in [-0.3, -0.25) is 4.79 Å². The third-order valence-corrected chi connectivity index (χ3v) is 3.73. The molecule has 4 aromatic rings. The zero-order chi connectivity index (χ0) is 17.6. The number of fused-ring (bicyclic) bond motifs is 1. The number of hydrogen-bond donors (Lipinski definition) is 0. The molecule has 1 radical (unpaired) electrons. The molecule has 0 atom stereocenters. The Balaban J connectivity index is 0.000000180. The summed E-state index contributed by atoms with van der Waals surface area (Å²) in [4.78, 5) is 19.4. The molecular formula is C22H18IrN2O-2. The first-order valence-electron chi connectivity index (χ1n) is 8.06. The van der Waals surface area contributed by atoms with Crippen LogP contribution in [0.4, 0.5) is 0 Å².